The van der Waals surface area contributed by atoms with Crippen molar-refractivity contribution in [2.45, 2.75) is 32.4 Å². The summed E-state index contributed by atoms with van der Waals surface area (Å²) in [7, 11) is 1.61. The van der Waals surface area contributed by atoms with Crippen LogP contribution in [0.15, 0.2) is 67.0 Å². The molecule has 1 aliphatic rings. The highest BCUT2D eigenvalue weighted by Crippen LogP contribution is 2.33. The van der Waals surface area contributed by atoms with Crippen molar-refractivity contribution >= 4 is 22.7 Å². The van der Waals surface area contributed by atoms with Gasteiger partial charge in [0.05, 0.1) is 12.6 Å². The Kier molecular flexibility index (Phi) is 6.49. The van der Waals surface area contributed by atoms with E-state index in [0.29, 0.717) is 34.1 Å². The fourth-order valence-corrected chi connectivity index (χ4v) is 3.88. The van der Waals surface area contributed by atoms with Gasteiger partial charge in [0.25, 0.3) is 11.8 Å². The molecule has 1 fully saturated rings. The average Bonchev–Trinajstić information content (AvgIpc) is 3.72. The molecule has 0 unspecified atom stereocenters. The van der Waals surface area contributed by atoms with Crippen molar-refractivity contribution in [3.63, 3.8) is 0 Å². The number of rotatable bonds is 8. The van der Waals surface area contributed by atoms with E-state index in [9.17, 15) is 9.59 Å². The topological polar surface area (TPSA) is 102 Å². The summed E-state index contributed by atoms with van der Waals surface area (Å²) in [5.74, 6) is 1.51. The molecule has 0 bridgehead atoms. The molecular weight excluding hydrogens is 456 g/mol. The number of nitrogens with zero attached hydrogens (tertiary/aromatic N) is 2. The first kappa shape index (κ1) is 23.3. The number of carbonyl (C=O) groups is 2. The van der Waals surface area contributed by atoms with Crippen LogP contribution in [0.25, 0.3) is 10.9 Å². The van der Waals surface area contributed by atoms with Crippen LogP contribution in [0.5, 0.6) is 17.2 Å². The van der Waals surface area contributed by atoms with Crippen LogP contribution in [-0.2, 0) is 6.54 Å². The number of aromatic nitrogens is 2. The minimum atomic E-state index is -0.233. The molecule has 2 aromatic heterocycles. The Morgan fingerprint density at radius 1 is 0.972 bits per heavy atom. The Hall–Kier alpha value is -4.46. The molecule has 4 aromatic rings. The number of hydrogen-bond donors (Lipinski definition) is 2. The van der Waals surface area contributed by atoms with Gasteiger partial charge in [-0.3, -0.25) is 19.6 Å². The predicted octanol–water partition coefficient (Wildman–Crippen LogP) is 4.56. The summed E-state index contributed by atoms with van der Waals surface area (Å²) < 4.78 is 11.5. The quantitative estimate of drug-likeness (QED) is 0.382. The summed E-state index contributed by atoms with van der Waals surface area (Å²) in [6, 6.07) is 16.5. The molecule has 36 heavy (non-hydrogen) atoms. The molecule has 2 heterocycles. The van der Waals surface area contributed by atoms with E-state index in [1.54, 1.807) is 49.8 Å². The number of methoxy groups -OCH3 is 1. The summed E-state index contributed by atoms with van der Waals surface area (Å²) in [6.07, 6.45) is 5.28. The van der Waals surface area contributed by atoms with Crippen molar-refractivity contribution in [2.75, 3.05) is 7.11 Å². The predicted molar refractivity (Wildman–Crippen MR) is 135 cm³/mol. The molecule has 2 aromatic carbocycles. The van der Waals surface area contributed by atoms with Crippen LogP contribution in [0.3, 0.4) is 0 Å². The van der Waals surface area contributed by atoms with Crippen LogP contribution >= 0.6 is 0 Å². The van der Waals surface area contributed by atoms with Crippen LogP contribution in [0, 0.1) is 6.92 Å². The maximum atomic E-state index is 13.0. The third-order valence-electron chi connectivity index (χ3n) is 6.08. The van der Waals surface area contributed by atoms with Crippen molar-refractivity contribution in [1.82, 2.24) is 20.6 Å². The van der Waals surface area contributed by atoms with Crippen molar-refractivity contribution in [3.8, 4) is 17.2 Å². The molecule has 5 rings (SSSR count). The van der Waals surface area contributed by atoms with Crippen LogP contribution < -0.4 is 20.1 Å². The maximum Gasteiger partial charge on any atom is 0.270 e. The van der Waals surface area contributed by atoms with Gasteiger partial charge < -0.3 is 20.1 Å². The molecular formula is C28H26N4O4. The number of ether oxygens (including phenoxy) is 2. The van der Waals surface area contributed by atoms with E-state index < -0.39 is 0 Å². The summed E-state index contributed by atoms with van der Waals surface area (Å²) in [5.41, 5.74) is 3.12. The largest absolute Gasteiger partial charge is 0.497 e. The number of hydrogen-bond acceptors (Lipinski definition) is 6. The van der Waals surface area contributed by atoms with E-state index in [4.69, 9.17) is 9.47 Å². The molecule has 2 amide bonds. The number of pyridine rings is 2. The molecule has 0 aliphatic heterocycles. The molecule has 0 saturated heterocycles. The highest BCUT2D eigenvalue weighted by atomic mass is 16.5. The van der Waals surface area contributed by atoms with E-state index in [-0.39, 0.29) is 24.4 Å². The fourth-order valence-electron chi connectivity index (χ4n) is 3.88. The normalized spacial score (nSPS) is 12.7. The molecule has 182 valence electrons. The Morgan fingerprint density at radius 3 is 2.61 bits per heavy atom. The van der Waals surface area contributed by atoms with Crippen LogP contribution in [0.4, 0.5) is 0 Å². The zero-order valence-electron chi connectivity index (χ0n) is 20.1. The van der Waals surface area contributed by atoms with Gasteiger partial charge in [-0.2, -0.15) is 0 Å². The van der Waals surface area contributed by atoms with Crippen LogP contribution in [0.2, 0.25) is 0 Å². The summed E-state index contributed by atoms with van der Waals surface area (Å²) >= 11 is 0. The number of benzene rings is 2. The summed E-state index contributed by atoms with van der Waals surface area (Å²) in [5, 5.41) is 6.70. The van der Waals surface area contributed by atoms with Crippen molar-refractivity contribution < 1.29 is 19.1 Å². The van der Waals surface area contributed by atoms with E-state index >= 15 is 0 Å². The van der Waals surface area contributed by atoms with Gasteiger partial charge in [0.1, 0.15) is 22.9 Å². The third-order valence-corrected chi connectivity index (χ3v) is 6.08. The van der Waals surface area contributed by atoms with Gasteiger partial charge in [-0.05, 0) is 67.8 Å². The molecule has 1 saturated carbocycles. The van der Waals surface area contributed by atoms with Crippen LogP contribution in [-0.4, -0.2) is 34.9 Å². The standard InChI is InChI=1S/C28H26N4O4/c1-17-21(27(33)31-16-18-10-12-30-24(14-18)28(34)32-19-6-7-19)4-3-5-25(17)36-26-11-13-29-23-15-20(35-2)8-9-22(23)26/h3-5,8-15,19H,6-7,16H2,1-2H3,(H,31,33)(H,32,34). The lowest BCUT2D eigenvalue weighted by atomic mass is 10.1. The monoisotopic (exact) mass is 482 g/mol. The average molecular weight is 483 g/mol. The lowest BCUT2D eigenvalue weighted by molar-refractivity contribution is 0.0942. The minimum absolute atomic E-state index is 0.187. The Labute approximate surface area is 208 Å². The van der Waals surface area contributed by atoms with Crippen molar-refractivity contribution in [1.29, 1.82) is 0 Å². The molecule has 2 N–H and O–H groups in total. The molecule has 8 heteroatoms. The van der Waals surface area contributed by atoms with Gasteiger partial charge in [-0.25, -0.2) is 0 Å². The molecule has 1 aliphatic carbocycles. The number of nitrogens with one attached hydrogen (secondary N) is 2. The second-order valence-electron chi connectivity index (χ2n) is 8.70. The van der Waals surface area contributed by atoms with Gasteiger partial charge >= 0.3 is 0 Å². The highest BCUT2D eigenvalue weighted by molar-refractivity contribution is 5.96. The zero-order valence-corrected chi connectivity index (χ0v) is 20.1. The number of amides is 2. The van der Waals surface area contributed by atoms with Gasteiger partial charge in [0, 0.05) is 47.6 Å². The Bertz CT molecular complexity index is 1450. The maximum absolute atomic E-state index is 13.0. The smallest absolute Gasteiger partial charge is 0.270 e. The summed E-state index contributed by atoms with van der Waals surface area (Å²) in [4.78, 5) is 33.8. The molecule has 0 radical (unpaired) electrons. The Morgan fingerprint density at radius 2 is 1.81 bits per heavy atom. The second kappa shape index (κ2) is 10.0. The van der Waals surface area contributed by atoms with E-state index in [0.717, 1.165) is 29.3 Å². The third kappa shape index (κ3) is 5.12. The van der Waals surface area contributed by atoms with Gasteiger partial charge in [0.2, 0.25) is 0 Å². The van der Waals surface area contributed by atoms with Gasteiger partial charge in [-0.15, -0.1) is 0 Å². The Balaban J connectivity index is 1.30. The fraction of sp³-hybridized carbons (Fsp3) is 0.214. The summed E-state index contributed by atoms with van der Waals surface area (Å²) in [6.45, 7) is 2.12. The van der Waals surface area contributed by atoms with Crippen molar-refractivity contribution in [2.24, 2.45) is 0 Å². The lowest BCUT2D eigenvalue weighted by Crippen LogP contribution is -2.27. The van der Waals surface area contributed by atoms with E-state index in [1.165, 1.54) is 0 Å². The van der Waals surface area contributed by atoms with Crippen molar-refractivity contribution in [3.05, 3.63) is 89.4 Å². The molecule has 8 nitrogen and oxygen atoms in total. The second-order valence-corrected chi connectivity index (χ2v) is 8.70. The number of carbonyl (C=O) groups excluding carboxylic acids is 2. The van der Waals surface area contributed by atoms with E-state index in [1.807, 2.05) is 31.2 Å². The van der Waals surface area contributed by atoms with Crippen LogP contribution in [0.1, 0.15) is 44.8 Å². The minimum Gasteiger partial charge on any atom is -0.497 e. The first-order valence-electron chi connectivity index (χ1n) is 11.8. The first-order valence-corrected chi connectivity index (χ1v) is 11.8. The number of fused-ring (bicyclic) bond motifs is 1. The highest BCUT2D eigenvalue weighted by Gasteiger charge is 2.24. The zero-order chi connectivity index (χ0) is 25.1. The lowest BCUT2D eigenvalue weighted by Gasteiger charge is -2.14. The molecule has 0 atom stereocenters. The van der Waals surface area contributed by atoms with Gasteiger partial charge in [-0.1, -0.05) is 6.07 Å². The van der Waals surface area contributed by atoms with E-state index in [2.05, 4.69) is 20.6 Å². The SMILES string of the molecule is COc1ccc2c(Oc3cccc(C(=O)NCc4ccnc(C(=O)NC5CC5)c4)c3C)ccnc2c1. The van der Waals surface area contributed by atoms with Gasteiger partial charge in [0.15, 0.2) is 0 Å². The molecule has 0 spiro atoms. The first-order chi connectivity index (χ1) is 17.5.